The first-order valence-corrected chi connectivity index (χ1v) is 6.07. The Labute approximate surface area is 114 Å². The molecule has 0 saturated carbocycles. The molecule has 2 rings (SSSR count). The third-order valence-corrected chi connectivity index (χ3v) is 3.13. The van der Waals surface area contributed by atoms with E-state index in [1.807, 2.05) is 0 Å². The minimum Gasteiger partial charge on any atom is -0.470 e. The number of ether oxygens (including phenoxy) is 1. The Morgan fingerprint density at radius 1 is 1.68 bits per heavy atom. The van der Waals surface area contributed by atoms with Gasteiger partial charge in [-0.2, -0.15) is 4.98 Å². The molecule has 0 aliphatic carbocycles. The number of nitrogens with zero attached hydrogens (tertiary/aromatic N) is 3. The van der Waals surface area contributed by atoms with E-state index in [9.17, 15) is 9.18 Å². The maximum Gasteiger partial charge on any atom is 0.407 e. The van der Waals surface area contributed by atoms with Crippen LogP contribution in [0.25, 0.3) is 0 Å². The van der Waals surface area contributed by atoms with Gasteiger partial charge in [-0.25, -0.2) is 9.18 Å². The van der Waals surface area contributed by atoms with Gasteiger partial charge in [0.25, 0.3) is 0 Å². The molecule has 1 amide bonds. The van der Waals surface area contributed by atoms with Crippen LogP contribution in [-0.4, -0.2) is 50.9 Å². The van der Waals surface area contributed by atoms with Crippen molar-refractivity contribution in [1.82, 2.24) is 14.9 Å². The number of halogens is 2. The summed E-state index contributed by atoms with van der Waals surface area (Å²) in [6.45, 7) is 1.29. The molecule has 1 aromatic rings. The molecule has 1 N–H and O–H groups in total. The van der Waals surface area contributed by atoms with Crippen LogP contribution in [0.15, 0.2) is 12.4 Å². The quantitative estimate of drug-likeness (QED) is 0.901. The summed E-state index contributed by atoms with van der Waals surface area (Å²) >= 11 is 5.67. The first kappa shape index (κ1) is 13.8. The molecule has 1 fully saturated rings. The Morgan fingerprint density at radius 2 is 2.42 bits per heavy atom. The maximum absolute atomic E-state index is 14.4. The molecule has 0 unspecified atom stereocenters. The van der Waals surface area contributed by atoms with Crippen molar-refractivity contribution in [2.75, 3.05) is 13.1 Å². The predicted molar refractivity (Wildman–Crippen MR) is 65.2 cm³/mol. The monoisotopic (exact) mass is 289 g/mol. The molecule has 104 valence electrons. The zero-order valence-electron chi connectivity index (χ0n) is 10.2. The van der Waals surface area contributed by atoms with Crippen molar-refractivity contribution in [3.8, 4) is 5.88 Å². The molecule has 1 aliphatic heterocycles. The first-order chi connectivity index (χ1) is 8.88. The van der Waals surface area contributed by atoms with Crippen LogP contribution in [0.3, 0.4) is 0 Å². The Kier molecular flexibility index (Phi) is 3.75. The fourth-order valence-electron chi connectivity index (χ4n) is 2.00. The van der Waals surface area contributed by atoms with Crippen molar-refractivity contribution in [2.45, 2.75) is 25.1 Å². The largest absolute Gasteiger partial charge is 0.470 e. The normalized spacial score (nSPS) is 27.1. The van der Waals surface area contributed by atoms with E-state index in [2.05, 4.69) is 9.97 Å². The van der Waals surface area contributed by atoms with Crippen LogP contribution in [0, 0.1) is 0 Å². The van der Waals surface area contributed by atoms with Gasteiger partial charge in [-0.3, -0.25) is 4.98 Å². The number of amides is 1. The zero-order valence-corrected chi connectivity index (χ0v) is 11.0. The van der Waals surface area contributed by atoms with Gasteiger partial charge in [0.05, 0.1) is 18.9 Å². The summed E-state index contributed by atoms with van der Waals surface area (Å²) < 4.78 is 19.8. The van der Waals surface area contributed by atoms with Gasteiger partial charge in [0.1, 0.15) is 6.10 Å². The summed E-state index contributed by atoms with van der Waals surface area (Å²) in [7, 11) is 0. The van der Waals surface area contributed by atoms with Gasteiger partial charge < -0.3 is 14.7 Å². The number of hydrogen-bond acceptors (Lipinski definition) is 4. The van der Waals surface area contributed by atoms with E-state index in [1.165, 1.54) is 19.3 Å². The van der Waals surface area contributed by atoms with Crippen LogP contribution >= 0.6 is 11.6 Å². The highest BCUT2D eigenvalue weighted by Crippen LogP contribution is 2.29. The summed E-state index contributed by atoms with van der Waals surface area (Å²) in [5.74, 6) is 0.130. The van der Waals surface area contributed by atoms with E-state index in [0.29, 0.717) is 0 Å². The van der Waals surface area contributed by atoms with Gasteiger partial charge in [0, 0.05) is 13.0 Å². The third kappa shape index (κ3) is 3.23. The van der Waals surface area contributed by atoms with Crippen molar-refractivity contribution in [3.05, 3.63) is 17.5 Å². The number of aromatic nitrogens is 2. The lowest BCUT2D eigenvalue weighted by atomic mass is 9.93. The second-order valence-corrected chi connectivity index (χ2v) is 4.94. The summed E-state index contributed by atoms with van der Waals surface area (Å²) in [5.41, 5.74) is -1.79. The number of rotatable bonds is 2. The highest BCUT2D eigenvalue weighted by atomic mass is 35.5. The highest BCUT2D eigenvalue weighted by Gasteiger charge is 2.43. The molecule has 2 heterocycles. The van der Waals surface area contributed by atoms with Crippen molar-refractivity contribution in [1.29, 1.82) is 0 Å². The summed E-state index contributed by atoms with van der Waals surface area (Å²) in [6, 6.07) is 0. The van der Waals surface area contributed by atoms with E-state index in [1.54, 1.807) is 0 Å². The number of alkyl halides is 1. The molecule has 0 spiro atoms. The van der Waals surface area contributed by atoms with Gasteiger partial charge in [-0.1, -0.05) is 11.6 Å². The van der Waals surface area contributed by atoms with Crippen LogP contribution in [0.5, 0.6) is 5.88 Å². The van der Waals surface area contributed by atoms with Crippen LogP contribution in [0.1, 0.15) is 13.3 Å². The van der Waals surface area contributed by atoms with Gasteiger partial charge in [0.15, 0.2) is 10.8 Å². The topological polar surface area (TPSA) is 75.6 Å². The summed E-state index contributed by atoms with van der Waals surface area (Å²) in [5, 5.41) is 9.02. The van der Waals surface area contributed by atoms with E-state index < -0.39 is 17.9 Å². The molecule has 0 aromatic carbocycles. The standard InChI is InChI=1S/C11H13ClFN3O3/c1-11(13)6-16(10(17)18)3-2-7(11)19-9-5-14-4-8(12)15-9/h4-5,7H,2-3,6H2,1H3,(H,17,18)/t7-,11-/m1/s1. The van der Waals surface area contributed by atoms with Gasteiger partial charge in [0.2, 0.25) is 5.88 Å². The van der Waals surface area contributed by atoms with Gasteiger partial charge in [-0.15, -0.1) is 0 Å². The second-order valence-electron chi connectivity index (χ2n) is 4.56. The van der Waals surface area contributed by atoms with Gasteiger partial charge >= 0.3 is 6.09 Å². The molecule has 19 heavy (non-hydrogen) atoms. The number of likely N-dealkylation sites (tertiary alicyclic amines) is 1. The lowest BCUT2D eigenvalue weighted by Crippen LogP contribution is -2.55. The van der Waals surface area contributed by atoms with Crippen LogP contribution in [0.4, 0.5) is 9.18 Å². The Hall–Kier alpha value is -1.63. The number of piperidine rings is 1. The molecule has 1 saturated heterocycles. The Morgan fingerprint density at radius 3 is 3.00 bits per heavy atom. The minimum atomic E-state index is -1.79. The molecular formula is C11H13ClFN3O3. The lowest BCUT2D eigenvalue weighted by molar-refractivity contribution is -0.0392. The van der Waals surface area contributed by atoms with E-state index in [4.69, 9.17) is 21.4 Å². The minimum absolute atomic E-state index is 0.130. The SMILES string of the molecule is C[C@@]1(F)CN(C(=O)O)CC[C@H]1Oc1cncc(Cl)n1. The number of hydrogen-bond donors (Lipinski definition) is 1. The lowest BCUT2D eigenvalue weighted by Gasteiger charge is -2.39. The highest BCUT2D eigenvalue weighted by molar-refractivity contribution is 6.29. The Balaban J connectivity index is 2.07. The molecule has 1 aliphatic rings. The first-order valence-electron chi connectivity index (χ1n) is 5.69. The van der Waals surface area contributed by atoms with Crippen molar-refractivity contribution < 1.29 is 19.0 Å². The average Bonchev–Trinajstić information content (AvgIpc) is 2.31. The van der Waals surface area contributed by atoms with Crippen LogP contribution in [-0.2, 0) is 0 Å². The fraction of sp³-hybridized carbons (Fsp3) is 0.545. The van der Waals surface area contributed by atoms with Crippen molar-refractivity contribution in [3.63, 3.8) is 0 Å². The fourth-order valence-corrected chi connectivity index (χ4v) is 2.14. The van der Waals surface area contributed by atoms with Crippen LogP contribution < -0.4 is 4.74 Å². The van der Waals surface area contributed by atoms with Crippen molar-refractivity contribution >= 4 is 17.7 Å². The van der Waals surface area contributed by atoms with Crippen LogP contribution in [0.2, 0.25) is 5.15 Å². The summed E-state index contributed by atoms with van der Waals surface area (Å²) in [4.78, 5) is 19.5. The molecule has 1 aromatic heterocycles. The maximum atomic E-state index is 14.4. The average molecular weight is 290 g/mol. The van der Waals surface area contributed by atoms with Crippen molar-refractivity contribution in [2.24, 2.45) is 0 Å². The number of carbonyl (C=O) groups is 1. The Bertz CT molecular complexity index is 486. The third-order valence-electron chi connectivity index (χ3n) is 2.95. The predicted octanol–water partition coefficient (Wildman–Crippen LogP) is 1.99. The van der Waals surface area contributed by atoms with E-state index in [-0.39, 0.29) is 30.5 Å². The number of carboxylic acid groups (broad SMARTS) is 1. The molecule has 6 nitrogen and oxygen atoms in total. The summed E-state index contributed by atoms with van der Waals surface area (Å²) in [6.07, 6.45) is 1.01. The molecule has 8 heteroatoms. The molecule has 0 radical (unpaired) electrons. The van der Waals surface area contributed by atoms with Gasteiger partial charge in [-0.05, 0) is 6.92 Å². The van der Waals surface area contributed by atoms with E-state index >= 15 is 0 Å². The molecule has 2 atom stereocenters. The zero-order chi connectivity index (χ0) is 14.0. The van der Waals surface area contributed by atoms with E-state index in [0.717, 1.165) is 4.90 Å². The molecular weight excluding hydrogens is 277 g/mol. The molecule has 0 bridgehead atoms. The second kappa shape index (κ2) is 5.16. The smallest absolute Gasteiger partial charge is 0.407 e.